The summed E-state index contributed by atoms with van der Waals surface area (Å²) in [6, 6.07) is 0.0714. The number of hydrogen-bond acceptors (Lipinski definition) is 4. The van der Waals surface area contributed by atoms with Crippen LogP contribution in [-0.4, -0.2) is 38.3 Å². The molecule has 0 radical (unpaired) electrons. The number of nitrogens with zero attached hydrogens (tertiary/aromatic N) is 4. The maximum absolute atomic E-state index is 12.1. The van der Waals surface area contributed by atoms with Gasteiger partial charge in [0.2, 0.25) is 11.8 Å². The lowest BCUT2D eigenvalue weighted by Gasteiger charge is -2.16. The molecule has 0 bridgehead atoms. The second-order valence-corrected chi connectivity index (χ2v) is 5.01. The largest absolute Gasteiger partial charge is 0.283 e. The Morgan fingerprint density at radius 1 is 1.44 bits per heavy atom. The molecule has 6 heteroatoms. The molecule has 6 nitrogen and oxygen atoms in total. The molecule has 1 fully saturated rings. The minimum atomic E-state index is -0.0662. The van der Waals surface area contributed by atoms with Gasteiger partial charge in [-0.25, -0.2) is 4.68 Å². The van der Waals surface area contributed by atoms with Crippen LogP contribution < -0.4 is 0 Å². The number of hydrogen-bond donors (Lipinski definition) is 0. The fourth-order valence-electron chi connectivity index (χ4n) is 2.82. The Morgan fingerprint density at radius 3 is 3.00 bits per heavy atom. The summed E-state index contributed by atoms with van der Waals surface area (Å²) in [4.78, 5) is 25.0. The van der Waals surface area contributed by atoms with Crippen LogP contribution in [0.1, 0.15) is 43.1 Å². The lowest BCUT2D eigenvalue weighted by Crippen LogP contribution is -2.33. The Kier molecular flexibility index (Phi) is 2.65. The number of fused-ring (bicyclic) bond motifs is 1. The van der Waals surface area contributed by atoms with Crippen molar-refractivity contribution in [3.8, 4) is 0 Å². The van der Waals surface area contributed by atoms with E-state index in [9.17, 15) is 9.59 Å². The van der Waals surface area contributed by atoms with Gasteiger partial charge in [-0.1, -0.05) is 5.21 Å². The van der Waals surface area contributed by atoms with E-state index in [4.69, 9.17) is 0 Å². The van der Waals surface area contributed by atoms with Crippen LogP contribution in [0, 0.1) is 6.92 Å². The summed E-state index contributed by atoms with van der Waals surface area (Å²) in [6.07, 6.45) is 3.50. The van der Waals surface area contributed by atoms with Crippen molar-refractivity contribution in [1.82, 2.24) is 19.9 Å². The summed E-state index contributed by atoms with van der Waals surface area (Å²) in [7, 11) is 0. The molecule has 2 aliphatic heterocycles. The topological polar surface area (TPSA) is 68.1 Å². The van der Waals surface area contributed by atoms with Crippen LogP contribution in [0.15, 0.2) is 0 Å². The maximum atomic E-state index is 12.1. The summed E-state index contributed by atoms with van der Waals surface area (Å²) in [5, 5.41) is 8.12. The Balaban J connectivity index is 1.71. The summed E-state index contributed by atoms with van der Waals surface area (Å²) in [6.45, 7) is 2.51. The quantitative estimate of drug-likeness (QED) is 0.769. The zero-order chi connectivity index (χ0) is 12.7. The van der Waals surface area contributed by atoms with Crippen LogP contribution in [0.3, 0.4) is 0 Å². The first kappa shape index (κ1) is 11.4. The first-order chi connectivity index (χ1) is 8.66. The molecule has 3 heterocycles. The third kappa shape index (κ3) is 1.72. The number of carbonyl (C=O) groups is 2. The average molecular weight is 248 g/mol. The van der Waals surface area contributed by atoms with Gasteiger partial charge in [0.25, 0.3) is 0 Å². The maximum Gasteiger partial charge on any atom is 0.231 e. The fraction of sp³-hybridized carbons (Fsp3) is 0.667. The van der Waals surface area contributed by atoms with Gasteiger partial charge >= 0.3 is 0 Å². The van der Waals surface area contributed by atoms with Crippen LogP contribution in [0.5, 0.6) is 0 Å². The lowest BCUT2D eigenvalue weighted by atomic mass is 10.1. The number of likely N-dealkylation sites (tertiary alicyclic amines) is 1. The highest BCUT2D eigenvalue weighted by molar-refractivity contribution is 5.96. The standard InChI is InChI=1S/C12H16N4O2/c1-8-10-5-4-9(16(10)14-13-8)7-12(18)15-6-2-3-11(15)17/h9H,2-7H2,1H3/t9-/m0/s1. The lowest BCUT2D eigenvalue weighted by molar-refractivity contribution is -0.142. The molecule has 0 saturated carbocycles. The average Bonchev–Trinajstić information content (AvgIpc) is 3.00. The number of aryl methyl sites for hydroxylation is 1. The molecule has 3 rings (SSSR count). The van der Waals surface area contributed by atoms with E-state index in [2.05, 4.69) is 10.3 Å². The SMILES string of the molecule is Cc1nnn2c1CC[C@H]2CC(=O)N1CCCC1=O. The Labute approximate surface area is 105 Å². The smallest absolute Gasteiger partial charge is 0.231 e. The number of amides is 2. The highest BCUT2D eigenvalue weighted by Crippen LogP contribution is 2.29. The summed E-state index contributed by atoms with van der Waals surface area (Å²) in [5.41, 5.74) is 2.07. The third-order valence-corrected chi connectivity index (χ3v) is 3.83. The highest BCUT2D eigenvalue weighted by atomic mass is 16.2. The molecule has 0 aromatic carbocycles. The molecule has 96 valence electrons. The Hall–Kier alpha value is -1.72. The molecular formula is C12H16N4O2. The van der Waals surface area contributed by atoms with Gasteiger partial charge in [0.1, 0.15) is 0 Å². The molecule has 0 unspecified atom stereocenters. The second-order valence-electron chi connectivity index (χ2n) is 5.01. The van der Waals surface area contributed by atoms with E-state index in [1.807, 2.05) is 11.6 Å². The molecule has 2 amide bonds. The number of imide groups is 1. The Bertz CT molecular complexity index is 508. The molecule has 2 aliphatic rings. The van der Waals surface area contributed by atoms with E-state index in [1.54, 1.807) is 0 Å². The van der Waals surface area contributed by atoms with Crippen molar-refractivity contribution in [2.45, 2.75) is 45.1 Å². The zero-order valence-electron chi connectivity index (χ0n) is 10.4. The van der Waals surface area contributed by atoms with Crippen molar-refractivity contribution in [2.24, 2.45) is 0 Å². The van der Waals surface area contributed by atoms with E-state index in [1.165, 1.54) is 4.90 Å². The molecule has 18 heavy (non-hydrogen) atoms. The van der Waals surface area contributed by atoms with E-state index >= 15 is 0 Å². The van der Waals surface area contributed by atoms with E-state index < -0.39 is 0 Å². The molecule has 0 spiro atoms. The van der Waals surface area contributed by atoms with Gasteiger partial charge in [0, 0.05) is 19.4 Å². The predicted molar refractivity (Wildman–Crippen MR) is 62.7 cm³/mol. The monoisotopic (exact) mass is 248 g/mol. The van der Waals surface area contributed by atoms with Crippen LogP contribution in [0.4, 0.5) is 0 Å². The van der Waals surface area contributed by atoms with Gasteiger partial charge in [0.15, 0.2) is 0 Å². The van der Waals surface area contributed by atoms with E-state index in [0.29, 0.717) is 19.4 Å². The molecule has 0 N–H and O–H groups in total. The van der Waals surface area contributed by atoms with Gasteiger partial charge in [-0.3, -0.25) is 14.5 Å². The van der Waals surface area contributed by atoms with Crippen LogP contribution in [-0.2, 0) is 16.0 Å². The van der Waals surface area contributed by atoms with E-state index in [0.717, 1.165) is 30.7 Å². The molecule has 1 aromatic rings. The summed E-state index contributed by atoms with van der Waals surface area (Å²) in [5.74, 6) is -0.100. The van der Waals surface area contributed by atoms with Crippen LogP contribution in [0.2, 0.25) is 0 Å². The van der Waals surface area contributed by atoms with Crippen molar-refractivity contribution in [3.05, 3.63) is 11.4 Å². The molecule has 1 atom stereocenters. The molecule has 1 saturated heterocycles. The first-order valence-electron chi connectivity index (χ1n) is 6.40. The van der Waals surface area contributed by atoms with Crippen molar-refractivity contribution in [3.63, 3.8) is 0 Å². The van der Waals surface area contributed by atoms with Crippen molar-refractivity contribution >= 4 is 11.8 Å². The van der Waals surface area contributed by atoms with Gasteiger partial charge in [-0.2, -0.15) is 0 Å². The summed E-state index contributed by atoms with van der Waals surface area (Å²) < 4.78 is 1.85. The van der Waals surface area contributed by atoms with Crippen LogP contribution in [0.25, 0.3) is 0 Å². The van der Waals surface area contributed by atoms with Crippen LogP contribution >= 0.6 is 0 Å². The first-order valence-corrected chi connectivity index (χ1v) is 6.40. The summed E-state index contributed by atoms with van der Waals surface area (Å²) >= 11 is 0. The van der Waals surface area contributed by atoms with E-state index in [-0.39, 0.29) is 17.9 Å². The Morgan fingerprint density at radius 2 is 2.28 bits per heavy atom. The number of carbonyl (C=O) groups excluding carboxylic acids is 2. The van der Waals surface area contributed by atoms with Gasteiger partial charge in [0.05, 0.1) is 17.4 Å². The second kappa shape index (κ2) is 4.19. The van der Waals surface area contributed by atoms with Crippen molar-refractivity contribution < 1.29 is 9.59 Å². The predicted octanol–water partition coefficient (Wildman–Crippen LogP) is 0.613. The molecule has 0 aliphatic carbocycles. The number of aromatic nitrogens is 3. The van der Waals surface area contributed by atoms with Gasteiger partial charge in [-0.15, -0.1) is 5.10 Å². The van der Waals surface area contributed by atoms with Crippen molar-refractivity contribution in [2.75, 3.05) is 6.54 Å². The minimum Gasteiger partial charge on any atom is -0.283 e. The highest BCUT2D eigenvalue weighted by Gasteiger charge is 2.32. The molecule has 1 aromatic heterocycles. The normalized spacial score (nSPS) is 22.6. The van der Waals surface area contributed by atoms with Gasteiger partial charge < -0.3 is 0 Å². The fourth-order valence-corrected chi connectivity index (χ4v) is 2.82. The number of rotatable bonds is 2. The van der Waals surface area contributed by atoms with Gasteiger partial charge in [-0.05, 0) is 26.2 Å². The third-order valence-electron chi connectivity index (χ3n) is 3.83. The minimum absolute atomic E-state index is 0.0343. The molecular weight excluding hydrogens is 232 g/mol. The van der Waals surface area contributed by atoms with Crippen molar-refractivity contribution in [1.29, 1.82) is 0 Å². The zero-order valence-corrected chi connectivity index (χ0v) is 10.4.